The molecule has 0 aromatic heterocycles. The maximum absolute atomic E-state index is 10.3. The smallest absolute Gasteiger partial charge is 0.303 e. The van der Waals surface area contributed by atoms with Gasteiger partial charge in [-0.15, -0.1) is 0 Å². The van der Waals surface area contributed by atoms with E-state index in [0.717, 1.165) is 24.7 Å². The Kier molecular flexibility index (Phi) is 12.2. The molecule has 1 unspecified atom stereocenters. The van der Waals surface area contributed by atoms with Crippen molar-refractivity contribution in [3.8, 4) is 0 Å². The van der Waals surface area contributed by atoms with E-state index in [4.69, 9.17) is 5.11 Å². The molecule has 0 amide bonds. The molecule has 19 heavy (non-hydrogen) atoms. The van der Waals surface area contributed by atoms with Crippen molar-refractivity contribution in [2.75, 3.05) is 0 Å². The lowest BCUT2D eigenvalue weighted by Gasteiger charge is -2.14. The summed E-state index contributed by atoms with van der Waals surface area (Å²) >= 11 is 0. The van der Waals surface area contributed by atoms with E-state index in [1.54, 1.807) is 0 Å². The SMILES string of the molecule is CC(C)C(C)CCCCCCCCCCCC(=O)O. The van der Waals surface area contributed by atoms with Crippen LogP contribution in [0.2, 0.25) is 0 Å². The molecule has 0 heterocycles. The molecule has 0 aliphatic carbocycles. The number of rotatable bonds is 13. The van der Waals surface area contributed by atoms with Crippen molar-refractivity contribution < 1.29 is 9.90 Å². The maximum atomic E-state index is 10.3. The predicted octanol–water partition coefficient (Wildman–Crippen LogP) is 5.65. The fourth-order valence-corrected chi connectivity index (χ4v) is 2.31. The van der Waals surface area contributed by atoms with Gasteiger partial charge in [0.2, 0.25) is 0 Å². The molecule has 0 spiro atoms. The fraction of sp³-hybridized carbons (Fsp3) is 0.941. The molecule has 2 heteroatoms. The molecule has 1 N–H and O–H groups in total. The van der Waals surface area contributed by atoms with Crippen LogP contribution in [-0.2, 0) is 4.79 Å². The summed E-state index contributed by atoms with van der Waals surface area (Å²) < 4.78 is 0. The summed E-state index contributed by atoms with van der Waals surface area (Å²) in [6, 6.07) is 0. The quantitative estimate of drug-likeness (QED) is 0.439. The van der Waals surface area contributed by atoms with E-state index in [1.165, 1.54) is 51.4 Å². The summed E-state index contributed by atoms with van der Waals surface area (Å²) in [4.78, 5) is 10.3. The van der Waals surface area contributed by atoms with Crippen molar-refractivity contribution in [2.24, 2.45) is 11.8 Å². The first-order valence-electron chi connectivity index (χ1n) is 8.25. The second-order valence-corrected chi connectivity index (χ2v) is 6.34. The first-order valence-corrected chi connectivity index (χ1v) is 8.25. The van der Waals surface area contributed by atoms with E-state index >= 15 is 0 Å². The summed E-state index contributed by atoms with van der Waals surface area (Å²) in [5, 5.41) is 8.51. The van der Waals surface area contributed by atoms with Crippen molar-refractivity contribution in [1.82, 2.24) is 0 Å². The number of hydrogen-bond acceptors (Lipinski definition) is 1. The van der Waals surface area contributed by atoms with Gasteiger partial charge >= 0.3 is 5.97 Å². The van der Waals surface area contributed by atoms with Gasteiger partial charge in [-0.05, 0) is 18.3 Å². The molecule has 0 aromatic rings. The van der Waals surface area contributed by atoms with E-state index < -0.39 is 5.97 Å². The van der Waals surface area contributed by atoms with E-state index in [2.05, 4.69) is 20.8 Å². The van der Waals surface area contributed by atoms with E-state index in [-0.39, 0.29) is 0 Å². The van der Waals surface area contributed by atoms with Crippen LogP contribution in [0.3, 0.4) is 0 Å². The van der Waals surface area contributed by atoms with Crippen molar-refractivity contribution in [3.63, 3.8) is 0 Å². The van der Waals surface area contributed by atoms with Crippen LogP contribution >= 0.6 is 0 Å². The van der Waals surface area contributed by atoms with E-state index in [0.29, 0.717) is 6.42 Å². The first-order chi connectivity index (χ1) is 9.04. The third-order valence-corrected chi connectivity index (χ3v) is 4.19. The minimum absolute atomic E-state index is 0.341. The van der Waals surface area contributed by atoms with Crippen molar-refractivity contribution in [2.45, 2.75) is 91.4 Å². The Morgan fingerprint density at radius 2 is 1.21 bits per heavy atom. The monoisotopic (exact) mass is 270 g/mol. The Bertz CT molecular complexity index is 211. The van der Waals surface area contributed by atoms with Crippen LogP contribution in [0, 0.1) is 11.8 Å². The minimum atomic E-state index is -0.657. The van der Waals surface area contributed by atoms with Crippen LogP contribution in [0.1, 0.15) is 91.4 Å². The van der Waals surface area contributed by atoms with Crippen molar-refractivity contribution in [1.29, 1.82) is 0 Å². The molecule has 0 radical (unpaired) electrons. The lowest BCUT2D eigenvalue weighted by Crippen LogP contribution is -2.03. The summed E-state index contributed by atoms with van der Waals surface area (Å²) in [5.74, 6) is 1.04. The van der Waals surface area contributed by atoms with Gasteiger partial charge < -0.3 is 5.11 Å². The first kappa shape index (κ1) is 18.5. The summed E-state index contributed by atoms with van der Waals surface area (Å²) in [7, 11) is 0. The third kappa shape index (κ3) is 13.7. The molecule has 0 aliphatic rings. The van der Waals surface area contributed by atoms with Gasteiger partial charge in [0.1, 0.15) is 0 Å². The Balaban J connectivity index is 3.09. The molecule has 0 aliphatic heterocycles. The van der Waals surface area contributed by atoms with Crippen LogP contribution in [0.4, 0.5) is 0 Å². The second-order valence-electron chi connectivity index (χ2n) is 6.34. The number of carbonyl (C=O) groups is 1. The normalized spacial score (nSPS) is 12.8. The Hall–Kier alpha value is -0.530. The molecule has 0 bridgehead atoms. The third-order valence-electron chi connectivity index (χ3n) is 4.19. The van der Waals surface area contributed by atoms with Gasteiger partial charge in [0, 0.05) is 6.42 Å². The summed E-state index contributed by atoms with van der Waals surface area (Å²) in [6.07, 6.45) is 13.0. The van der Waals surface area contributed by atoms with Crippen molar-refractivity contribution >= 4 is 5.97 Å². The molecule has 0 fully saturated rings. The predicted molar refractivity (Wildman–Crippen MR) is 82.4 cm³/mol. The van der Waals surface area contributed by atoms with Gasteiger partial charge in [-0.1, -0.05) is 78.6 Å². The number of aliphatic carboxylic acids is 1. The highest BCUT2D eigenvalue weighted by Gasteiger charge is 2.05. The molecule has 1 atom stereocenters. The fourth-order valence-electron chi connectivity index (χ4n) is 2.31. The minimum Gasteiger partial charge on any atom is -0.481 e. The summed E-state index contributed by atoms with van der Waals surface area (Å²) in [5.41, 5.74) is 0. The van der Waals surface area contributed by atoms with Crippen LogP contribution in [-0.4, -0.2) is 11.1 Å². The number of carboxylic acid groups (broad SMARTS) is 1. The zero-order valence-electron chi connectivity index (χ0n) is 13.3. The highest BCUT2D eigenvalue weighted by Crippen LogP contribution is 2.18. The van der Waals surface area contributed by atoms with Gasteiger partial charge in [0.25, 0.3) is 0 Å². The van der Waals surface area contributed by atoms with E-state index in [9.17, 15) is 4.79 Å². The highest BCUT2D eigenvalue weighted by atomic mass is 16.4. The van der Waals surface area contributed by atoms with Gasteiger partial charge in [-0.3, -0.25) is 4.79 Å². The zero-order valence-corrected chi connectivity index (χ0v) is 13.3. The van der Waals surface area contributed by atoms with Crippen LogP contribution < -0.4 is 0 Å². The average Bonchev–Trinajstić information content (AvgIpc) is 2.35. The molecular formula is C17H34O2. The lowest BCUT2D eigenvalue weighted by molar-refractivity contribution is -0.137. The van der Waals surface area contributed by atoms with Crippen LogP contribution in [0.15, 0.2) is 0 Å². The number of hydrogen-bond donors (Lipinski definition) is 1. The molecule has 0 saturated carbocycles. The van der Waals surface area contributed by atoms with Crippen LogP contribution in [0.5, 0.6) is 0 Å². The second kappa shape index (κ2) is 12.5. The summed E-state index contributed by atoms with van der Waals surface area (Å²) in [6.45, 7) is 6.99. The molecule has 0 rings (SSSR count). The number of carboxylic acids is 1. The topological polar surface area (TPSA) is 37.3 Å². The largest absolute Gasteiger partial charge is 0.481 e. The Morgan fingerprint density at radius 3 is 1.63 bits per heavy atom. The molecule has 0 aromatic carbocycles. The van der Waals surface area contributed by atoms with Gasteiger partial charge in [-0.2, -0.15) is 0 Å². The van der Waals surface area contributed by atoms with Crippen LogP contribution in [0.25, 0.3) is 0 Å². The maximum Gasteiger partial charge on any atom is 0.303 e. The molecular weight excluding hydrogens is 236 g/mol. The van der Waals surface area contributed by atoms with Gasteiger partial charge in [0.15, 0.2) is 0 Å². The molecule has 2 nitrogen and oxygen atoms in total. The lowest BCUT2D eigenvalue weighted by atomic mass is 9.92. The molecule has 114 valence electrons. The van der Waals surface area contributed by atoms with Gasteiger partial charge in [0.05, 0.1) is 0 Å². The number of unbranched alkanes of at least 4 members (excludes halogenated alkanes) is 8. The average molecular weight is 270 g/mol. The standard InChI is InChI=1S/C17H34O2/c1-15(2)16(3)13-11-9-7-5-4-6-8-10-12-14-17(18)19/h15-16H,4-14H2,1-3H3,(H,18,19). The Labute approximate surface area is 120 Å². The molecule has 0 saturated heterocycles. The highest BCUT2D eigenvalue weighted by molar-refractivity contribution is 5.66. The Morgan fingerprint density at radius 1 is 0.789 bits per heavy atom. The zero-order chi connectivity index (χ0) is 14.5. The van der Waals surface area contributed by atoms with Gasteiger partial charge in [-0.25, -0.2) is 0 Å². The van der Waals surface area contributed by atoms with E-state index in [1.807, 2.05) is 0 Å². The van der Waals surface area contributed by atoms with Crippen molar-refractivity contribution in [3.05, 3.63) is 0 Å².